The van der Waals surface area contributed by atoms with Crippen molar-refractivity contribution >= 4 is 28.7 Å². The van der Waals surface area contributed by atoms with E-state index in [0.717, 1.165) is 18.2 Å². The van der Waals surface area contributed by atoms with Crippen molar-refractivity contribution in [2.45, 2.75) is 13.8 Å². The molecular formula is C11H12N4O6. The Morgan fingerprint density at radius 1 is 1.33 bits per heavy atom. The van der Waals surface area contributed by atoms with Gasteiger partial charge in [-0.05, 0) is 19.9 Å². The van der Waals surface area contributed by atoms with Gasteiger partial charge in [-0.25, -0.2) is 4.79 Å². The summed E-state index contributed by atoms with van der Waals surface area (Å²) in [6.07, 6.45) is 0. The third-order valence-corrected chi connectivity index (χ3v) is 2.30. The number of hydrazone groups is 1. The van der Waals surface area contributed by atoms with Crippen LogP contribution >= 0.6 is 0 Å². The number of ether oxygens (including phenoxy) is 1. The monoisotopic (exact) mass is 296 g/mol. The first-order chi connectivity index (χ1) is 9.86. The van der Waals surface area contributed by atoms with Crippen molar-refractivity contribution < 1.29 is 19.4 Å². The number of nitrogens with one attached hydrogen (secondary N) is 1. The van der Waals surface area contributed by atoms with Gasteiger partial charge in [-0.15, -0.1) is 0 Å². The summed E-state index contributed by atoms with van der Waals surface area (Å²) in [6, 6.07) is 3.03. The number of hydrogen-bond donors (Lipinski definition) is 1. The zero-order valence-electron chi connectivity index (χ0n) is 11.2. The van der Waals surface area contributed by atoms with Crippen molar-refractivity contribution in [1.29, 1.82) is 0 Å². The lowest BCUT2D eigenvalue weighted by Crippen LogP contribution is -2.15. The Balaban J connectivity index is 3.03. The maximum atomic E-state index is 11.3. The summed E-state index contributed by atoms with van der Waals surface area (Å²) in [5, 5.41) is 25.1. The zero-order chi connectivity index (χ0) is 16.0. The molecule has 0 radical (unpaired) electrons. The average molecular weight is 296 g/mol. The summed E-state index contributed by atoms with van der Waals surface area (Å²) >= 11 is 0. The minimum absolute atomic E-state index is 0.0375. The Bertz CT molecular complexity index is 613. The van der Waals surface area contributed by atoms with E-state index in [0.29, 0.717) is 0 Å². The van der Waals surface area contributed by atoms with Crippen LogP contribution in [0.3, 0.4) is 0 Å². The second kappa shape index (κ2) is 6.93. The first kappa shape index (κ1) is 16.0. The molecule has 1 rings (SSSR count). The number of anilines is 1. The van der Waals surface area contributed by atoms with E-state index in [4.69, 9.17) is 0 Å². The second-order valence-corrected chi connectivity index (χ2v) is 3.75. The molecule has 112 valence electrons. The van der Waals surface area contributed by atoms with E-state index in [1.54, 1.807) is 6.92 Å². The molecule has 1 aromatic rings. The fraction of sp³-hybridized carbons (Fsp3) is 0.273. The predicted octanol–water partition coefficient (Wildman–Crippen LogP) is 1.85. The van der Waals surface area contributed by atoms with Gasteiger partial charge in [0.15, 0.2) is 0 Å². The fourth-order valence-electron chi connectivity index (χ4n) is 1.30. The van der Waals surface area contributed by atoms with Gasteiger partial charge < -0.3 is 4.74 Å². The average Bonchev–Trinajstić information content (AvgIpc) is 2.44. The number of hydrogen-bond acceptors (Lipinski definition) is 8. The molecule has 21 heavy (non-hydrogen) atoms. The summed E-state index contributed by atoms with van der Waals surface area (Å²) < 4.78 is 4.69. The van der Waals surface area contributed by atoms with Crippen LogP contribution in [0.1, 0.15) is 13.8 Å². The largest absolute Gasteiger partial charge is 0.461 e. The smallest absolute Gasteiger partial charge is 0.354 e. The van der Waals surface area contributed by atoms with Crippen LogP contribution in [-0.2, 0) is 9.53 Å². The number of nitro benzene ring substituents is 2. The molecular weight excluding hydrogens is 284 g/mol. The summed E-state index contributed by atoms with van der Waals surface area (Å²) in [7, 11) is 0. The van der Waals surface area contributed by atoms with Gasteiger partial charge in [0.2, 0.25) is 0 Å². The van der Waals surface area contributed by atoms with Gasteiger partial charge in [-0.3, -0.25) is 25.7 Å². The number of nitrogens with zero attached hydrogens (tertiary/aromatic N) is 3. The molecule has 0 fully saturated rings. The van der Waals surface area contributed by atoms with Crippen LogP contribution in [0.25, 0.3) is 0 Å². The van der Waals surface area contributed by atoms with Gasteiger partial charge >= 0.3 is 11.7 Å². The quantitative estimate of drug-likeness (QED) is 0.366. The van der Waals surface area contributed by atoms with Crippen molar-refractivity contribution in [3.63, 3.8) is 0 Å². The molecule has 0 aromatic heterocycles. The van der Waals surface area contributed by atoms with Crippen molar-refractivity contribution in [3.05, 3.63) is 38.4 Å². The van der Waals surface area contributed by atoms with Crippen LogP contribution in [0.4, 0.5) is 17.1 Å². The molecule has 0 saturated carbocycles. The maximum Gasteiger partial charge on any atom is 0.354 e. The molecule has 0 atom stereocenters. The summed E-state index contributed by atoms with van der Waals surface area (Å²) in [6.45, 7) is 3.16. The molecule has 10 nitrogen and oxygen atoms in total. The number of non-ortho nitro benzene ring substituents is 1. The van der Waals surface area contributed by atoms with Crippen molar-refractivity contribution in [2.75, 3.05) is 12.0 Å². The Hall–Kier alpha value is -3.04. The van der Waals surface area contributed by atoms with Gasteiger partial charge in [0.25, 0.3) is 5.69 Å². The number of benzene rings is 1. The molecule has 0 spiro atoms. The van der Waals surface area contributed by atoms with E-state index in [1.807, 2.05) is 0 Å². The highest BCUT2D eigenvalue weighted by Crippen LogP contribution is 2.28. The molecule has 1 N–H and O–H groups in total. The van der Waals surface area contributed by atoms with Gasteiger partial charge in [0.05, 0.1) is 22.5 Å². The Morgan fingerprint density at radius 3 is 2.52 bits per heavy atom. The molecule has 0 aliphatic rings. The molecule has 0 unspecified atom stereocenters. The number of nitro groups is 2. The molecule has 10 heteroatoms. The third-order valence-electron chi connectivity index (χ3n) is 2.30. The first-order valence-corrected chi connectivity index (χ1v) is 5.77. The second-order valence-electron chi connectivity index (χ2n) is 3.75. The molecule has 0 aliphatic heterocycles. The van der Waals surface area contributed by atoms with E-state index in [-0.39, 0.29) is 18.0 Å². The first-order valence-electron chi connectivity index (χ1n) is 5.77. The van der Waals surface area contributed by atoms with Gasteiger partial charge in [0.1, 0.15) is 11.4 Å². The van der Waals surface area contributed by atoms with Gasteiger partial charge in [-0.2, -0.15) is 5.10 Å². The standard InChI is InChI=1S/C11H12N4O6/c1-3-21-11(16)7(2)12-13-9-5-4-8(14(17)18)6-10(9)15(19)20/h4-6,13H,3H2,1-2H3/b12-7-. The van der Waals surface area contributed by atoms with Crippen LogP contribution in [0.15, 0.2) is 23.3 Å². The Kier molecular flexibility index (Phi) is 5.29. The van der Waals surface area contributed by atoms with Crippen molar-refractivity contribution in [3.8, 4) is 0 Å². The number of esters is 1. The normalized spacial score (nSPS) is 10.9. The minimum Gasteiger partial charge on any atom is -0.461 e. The lowest BCUT2D eigenvalue weighted by atomic mass is 10.2. The van der Waals surface area contributed by atoms with Gasteiger partial charge in [-0.1, -0.05) is 0 Å². The highest BCUT2D eigenvalue weighted by atomic mass is 16.6. The summed E-state index contributed by atoms with van der Waals surface area (Å²) in [5.74, 6) is -0.672. The van der Waals surface area contributed by atoms with Crippen LogP contribution in [0.5, 0.6) is 0 Å². The molecule has 0 amide bonds. The number of rotatable bonds is 6. The van der Waals surface area contributed by atoms with E-state index in [9.17, 15) is 25.0 Å². The summed E-state index contributed by atoms with van der Waals surface area (Å²) in [4.78, 5) is 31.2. The lowest BCUT2D eigenvalue weighted by molar-refractivity contribution is -0.393. The topological polar surface area (TPSA) is 137 Å². The highest BCUT2D eigenvalue weighted by molar-refractivity contribution is 6.35. The lowest BCUT2D eigenvalue weighted by Gasteiger charge is -2.04. The van der Waals surface area contributed by atoms with E-state index in [1.165, 1.54) is 6.92 Å². The molecule has 0 aliphatic carbocycles. The van der Waals surface area contributed by atoms with Crippen molar-refractivity contribution in [1.82, 2.24) is 0 Å². The van der Waals surface area contributed by atoms with E-state index in [2.05, 4.69) is 15.3 Å². The van der Waals surface area contributed by atoms with Gasteiger partial charge in [0, 0.05) is 6.07 Å². The molecule has 0 saturated heterocycles. The SMILES string of the molecule is CCOC(=O)/C(C)=N\Nc1ccc([N+](=O)[O-])cc1[N+](=O)[O-]. The molecule has 1 aromatic carbocycles. The van der Waals surface area contributed by atoms with Crippen LogP contribution in [0, 0.1) is 20.2 Å². The third kappa shape index (κ3) is 4.23. The minimum atomic E-state index is -0.787. The van der Waals surface area contributed by atoms with E-state index >= 15 is 0 Å². The summed E-state index contributed by atoms with van der Waals surface area (Å²) in [5.41, 5.74) is 1.27. The van der Waals surface area contributed by atoms with E-state index < -0.39 is 27.2 Å². The Morgan fingerprint density at radius 2 is 2.00 bits per heavy atom. The maximum absolute atomic E-state index is 11.3. The van der Waals surface area contributed by atoms with Crippen molar-refractivity contribution in [2.24, 2.45) is 5.10 Å². The van der Waals surface area contributed by atoms with Crippen LogP contribution in [-0.4, -0.2) is 28.1 Å². The number of carbonyl (C=O) groups excluding carboxylic acids is 1. The predicted molar refractivity (Wildman–Crippen MR) is 73.1 cm³/mol. The number of carbonyl (C=O) groups is 1. The van der Waals surface area contributed by atoms with Crippen LogP contribution in [0.2, 0.25) is 0 Å². The Labute approximate surface area is 118 Å². The fourth-order valence-corrected chi connectivity index (χ4v) is 1.30. The van der Waals surface area contributed by atoms with Crippen LogP contribution < -0.4 is 5.43 Å². The highest BCUT2D eigenvalue weighted by Gasteiger charge is 2.19. The molecule has 0 bridgehead atoms. The zero-order valence-corrected chi connectivity index (χ0v) is 11.2. The molecule has 0 heterocycles.